The Morgan fingerprint density at radius 3 is 2.92 bits per heavy atom. The van der Waals surface area contributed by atoms with Gasteiger partial charge < -0.3 is 0 Å². The van der Waals surface area contributed by atoms with Crippen LogP contribution in [-0.2, 0) is 0 Å². The number of nitrogens with zero attached hydrogens (tertiary/aromatic N) is 2. The van der Waals surface area contributed by atoms with Crippen LogP contribution in [0.15, 0.2) is 35.6 Å². The summed E-state index contributed by atoms with van der Waals surface area (Å²) in [6.45, 7) is 1.99. The Labute approximate surface area is 72.7 Å². The van der Waals surface area contributed by atoms with Crippen molar-refractivity contribution in [2.75, 3.05) is 7.05 Å². The van der Waals surface area contributed by atoms with Crippen LogP contribution in [0.1, 0.15) is 12.5 Å². The molecular formula is C10H12N2. The van der Waals surface area contributed by atoms with Crippen LogP contribution < -0.4 is 0 Å². The Morgan fingerprint density at radius 1 is 1.58 bits per heavy atom. The monoisotopic (exact) mass is 160 g/mol. The Balaban J connectivity index is 2.97. The van der Waals surface area contributed by atoms with Gasteiger partial charge in [0.1, 0.15) is 0 Å². The molecule has 0 fully saturated rings. The van der Waals surface area contributed by atoms with Crippen molar-refractivity contribution in [3.8, 4) is 0 Å². The summed E-state index contributed by atoms with van der Waals surface area (Å²) in [5.41, 5.74) is 2.20. The third-order valence-corrected chi connectivity index (χ3v) is 1.57. The number of pyridine rings is 1. The molecule has 0 amide bonds. The molecule has 1 aromatic heterocycles. The number of allylic oxidation sites excluding steroid dienone is 2. The number of aromatic nitrogens is 1. The molecule has 62 valence electrons. The van der Waals surface area contributed by atoms with Crippen LogP contribution >= 0.6 is 0 Å². The smallest absolute Gasteiger partial charge is 0.0346 e. The lowest BCUT2D eigenvalue weighted by atomic mass is 10.1. The zero-order valence-electron chi connectivity index (χ0n) is 7.36. The molecule has 0 saturated heterocycles. The van der Waals surface area contributed by atoms with Gasteiger partial charge >= 0.3 is 0 Å². The van der Waals surface area contributed by atoms with Gasteiger partial charge in [-0.1, -0.05) is 12.1 Å². The molecule has 0 N–H and O–H groups in total. The van der Waals surface area contributed by atoms with Crippen molar-refractivity contribution in [1.29, 1.82) is 0 Å². The molecule has 12 heavy (non-hydrogen) atoms. The third kappa shape index (κ3) is 2.02. The van der Waals surface area contributed by atoms with Crippen LogP contribution in [0, 0.1) is 0 Å². The first kappa shape index (κ1) is 8.65. The second-order valence-electron chi connectivity index (χ2n) is 2.37. The minimum absolute atomic E-state index is 1.10. The molecule has 0 bridgehead atoms. The van der Waals surface area contributed by atoms with Gasteiger partial charge in [-0.25, -0.2) is 0 Å². The van der Waals surface area contributed by atoms with Gasteiger partial charge in [0.15, 0.2) is 0 Å². The van der Waals surface area contributed by atoms with Crippen LogP contribution in [0.4, 0.5) is 0 Å². The van der Waals surface area contributed by atoms with E-state index in [4.69, 9.17) is 0 Å². The molecule has 1 rings (SSSR count). The van der Waals surface area contributed by atoms with Crippen molar-refractivity contribution in [2.45, 2.75) is 6.92 Å². The summed E-state index contributed by atoms with van der Waals surface area (Å²) in [5.74, 6) is 0. The van der Waals surface area contributed by atoms with E-state index in [9.17, 15) is 0 Å². The summed E-state index contributed by atoms with van der Waals surface area (Å²) >= 11 is 0. The standard InChI is InChI=1S/C10H12N2/c1-3-9(7-11-2)10-5-4-6-12-8-10/h3-8H,1-2H3/b9-3+,11-7?. The van der Waals surface area contributed by atoms with E-state index < -0.39 is 0 Å². The zero-order valence-corrected chi connectivity index (χ0v) is 7.36. The van der Waals surface area contributed by atoms with Crippen molar-refractivity contribution in [2.24, 2.45) is 4.99 Å². The molecule has 0 radical (unpaired) electrons. The van der Waals surface area contributed by atoms with Crippen LogP contribution in [0.3, 0.4) is 0 Å². The van der Waals surface area contributed by atoms with Crippen molar-refractivity contribution >= 4 is 11.8 Å². The lowest BCUT2D eigenvalue weighted by molar-refractivity contribution is 1.31. The highest BCUT2D eigenvalue weighted by Crippen LogP contribution is 2.09. The molecule has 2 heteroatoms. The van der Waals surface area contributed by atoms with Gasteiger partial charge in [0.25, 0.3) is 0 Å². The van der Waals surface area contributed by atoms with Crippen molar-refractivity contribution in [3.63, 3.8) is 0 Å². The first-order chi connectivity index (χ1) is 5.88. The van der Waals surface area contributed by atoms with E-state index in [1.165, 1.54) is 0 Å². The minimum Gasteiger partial charge on any atom is -0.296 e. The van der Waals surface area contributed by atoms with E-state index in [1.54, 1.807) is 13.2 Å². The van der Waals surface area contributed by atoms with Gasteiger partial charge in [-0.05, 0) is 18.6 Å². The highest BCUT2D eigenvalue weighted by molar-refractivity contribution is 6.09. The molecule has 1 heterocycles. The fourth-order valence-electron chi connectivity index (χ4n) is 0.988. The highest BCUT2D eigenvalue weighted by Gasteiger charge is 1.94. The zero-order chi connectivity index (χ0) is 8.81. The van der Waals surface area contributed by atoms with Gasteiger partial charge in [0.2, 0.25) is 0 Å². The predicted molar refractivity (Wildman–Crippen MR) is 52.3 cm³/mol. The highest BCUT2D eigenvalue weighted by atomic mass is 14.6. The number of hydrogen-bond donors (Lipinski definition) is 0. The summed E-state index contributed by atoms with van der Waals surface area (Å²) in [5, 5.41) is 0. The average molecular weight is 160 g/mol. The fraction of sp³-hybridized carbons (Fsp3) is 0.200. The Morgan fingerprint density at radius 2 is 2.42 bits per heavy atom. The van der Waals surface area contributed by atoms with Gasteiger partial charge in [-0.2, -0.15) is 0 Å². The summed E-state index contributed by atoms with van der Waals surface area (Å²) in [6, 6.07) is 3.94. The Kier molecular flexibility index (Phi) is 3.20. The Hall–Kier alpha value is -1.44. The molecule has 0 aliphatic heterocycles. The summed E-state index contributed by atoms with van der Waals surface area (Å²) in [4.78, 5) is 8.00. The van der Waals surface area contributed by atoms with Crippen LogP contribution in [-0.4, -0.2) is 18.2 Å². The van der Waals surface area contributed by atoms with E-state index in [2.05, 4.69) is 9.98 Å². The molecule has 0 aromatic carbocycles. The molecule has 0 atom stereocenters. The summed E-state index contributed by atoms with van der Waals surface area (Å²) < 4.78 is 0. The lowest BCUT2D eigenvalue weighted by Gasteiger charge is -1.98. The maximum Gasteiger partial charge on any atom is 0.0346 e. The quantitative estimate of drug-likeness (QED) is 0.609. The number of rotatable bonds is 2. The van der Waals surface area contributed by atoms with E-state index in [0.717, 1.165) is 11.1 Å². The van der Waals surface area contributed by atoms with Gasteiger partial charge in [-0.15, -0.1) is 0 Å². The SMILES string of the molecule is C/C=C(\C=NC)c1cccnc1. The second-order valence-corrected chi connectivity index (χ2v) is 2.37. The topological polar surface area (TPSA) is 25.2 Å². The summed E-state index contributed by atoms with van der Waals surface area (Å²) in [7, 11) is 1.76. The van der Waals surface area contributed by atoms with Crippen LogP contribution in [0.2, 0.25) is 0 Å². The molecule has 0 saturated carbocycles. The van der Waals surface area contributed by atoms with Crippen molar-refractivity contribution < 1.29 is 0 Å². The van der Waals surface area contributed by atoms with E-state index in [-0.39, 0.29) is 0 Å². The van der Waals surface area contributed by atoms with Gasteiger partial charge in [0, 0.05) is 31.2 Å². The minimum atomic E-state index is 1.10. The third-order valence-electron chi connectivity index (χ3n) is 1.57. The molecule has 2 nitrogen and oxygen atoms in total. The first-order valence-electron chi connectivity index (χ1n) is 3.87. The maximum atomic E-state index is 4.03. The van der Waals surface area contributed by atoms with Crippen molar-refractivity contribution in [1.82, 2.24) is 4.98 Å². The molecule has 0 unspecified atom stereocenters. The molecule has 0 aliphatic carbocycles. The number of aliphatic imine (C=N–C) groups is 1. The van der Waals surface area contributed by atoms with Crippen LogP contribution in [0.5, 0.6) is 0 Å². The van der Waals surface area contributed by atoms with Gasteiger partial charge in [0.05, 0.1) is 0 Å². The van der Waals surface area contributed by atoms with Gasteiger partial charge in [-0.3, -0.25) is 9.98 Å². The van der Waals surface area contributed by atoms with Crippen molar-refractivity contribution in [3.05, 3.63) is 36.2 Å². The fourth-order valence-corrected chi connectivity index (χ4v) is 0.988. The van der Waals surface area contributed by atoms with Crippen LogP contribution in [0.25, 0.3) is 5.57 Å². The molecule has 1 aromatic rings. The summed E-state index contributed by atoms with van der Waals surface area (Å²) in [6.07, 6.45) is 7.44. The molecular weight excluding hydrogens is 148 g/mol. The normalized spacial score (nSPS) is 12.3. The lowest BCUT2D eigenvalue weighted by Crippen LogP contribution is -1.85. The maximum absolute atomic E-state index is 4.03. The van der Waals surface area contributed by atoms with E-state index in [1.807, 2.05) is 37.5 Å². The number of hydrogen-bond acceptors (Lipinski definition) is 2. The second kappa shape index (κ2) is 4.44. The Bertz CT molecular complexity index is 286. The largest absolute Gasteiger partial charge is 0.296 e. The molecule has 0 spiro atoms. The molecule has 0 aliphatic rings. The first-order valence-corrected chi connectivity index (χ1v) is 3.87. The van der Waals surface area contributed by atoms with E-state index >= 15 is 0 Å². The average Bonchev–Trinajstić information content (AvgIpc) is 2.15. The predicted octanol–water partition coefficient (Wildman–Crippen LogP) is 2.19. The van der Waals surface area contributed by atoms with E-state index in [0.29, 0.717) is 0 Å².